The first-order valence-corrected chi connectivity index (χ1v) is 13.9. The number of likely N-dealkylation sites (tertiary alicyclic amines) is 1. The first-order valence-electron chi connectivity index (χ1n) is 11.2. The van der Waals surface area contributed by atoms with Crippen molar-refractivity contribution in [3.8, 4) is 0 Å². The molecule has 2 aliphatic heterocycles. The number of methoxy groups -OCH3 is 1. The molecule has 1 unspecified atom stereocenters. The molecule has 34 heavy (non-hydrogen) atoms. The van der Waals surface area contributed by atoms with E-state index in [9.17, 15) is 17.6 Å². The summed E-state index contributed by atoms with van der Waals surface area (Å²) in [5.74, 6) is -0.0711. The highest BCUT2D eigenvalue weighted by molar-refractivity contribution is 7.90. The maximum absolute atomic E-state index is 14.4. The maximum Gasteiger partial charge on any atom is 0.245 e. The molecule has 4 rings (SSSR count). The van der Waals surface area contributed by atoms with Gasteiger partial charge in [0.1, 0.15) is 17.5 Å². The Morgan fingerprint density at radius 1 is 1.21 bits per heavy atom. The Bertz CT molecular complexity index is 1160. The van der Waals surface area contributed by atoms with E-state index in [1.165, 1.54) is 23.7 Å². The van der Waals surface area contributed by atoms with E-state index in [1.54, 1.807) is 7.11 Å². The normalized spacial score (nSPS) is 20.3. The van der Waals surface area contributed by atoms with E-state index in [0.29, 0.717) is 18.8 Å². The number of anilines is 2. The van der Waals surface area contributed by atoms with Gasteiger partial charge >= 0.3 is 0 Å². The molecule has 2 aliphatic rings. The Hall–Kier alpha value is -2.31. The fourth-order valence-electron chi connectivity index (χ4n) is 4.28. The molecule has 186 valence electrons. The van der Waals surface area contributed by atoms with E-state index in [2.05, 4.69) is 19.6 Å². The molecule has 1 aromatic carbocycles. The molecule has 0 radical (unpaired) electrons. The zero-order chi connectivity index (χ0) is 24.7. The summed E-state index contributed by atoms with van der Waals surface area (Å²) < 4.78 is 47.6. The minimum atomic E-state index is -3.50. The highest BCUT2D eigenvalue weighted by Gasteiger charge is 2.38. The number of benzene rings is 1. The van der Waals surface area contributed by atoms with Crippen LogP contribution in [0.2, 0.25) is 0 Å². The van der Waals surface area contributed by atoms with Crippen LogP contribution in [0.15, 0.2) is 23.1 Å². The number of ether oxygens (including phenoxy) is 1. The van der Waals surface area contributed by atoms with Gasteiger partial charge in [-0.25, -0.2) is 17.8 Å². The molecule has 2 aromatic rings. The Kier molecular flexibility index (Phi) is 6.85. The Morgan fingerprint density at radius 2 is 1.91 bits per heavy atom. The summed E-state index contributed by atoms with van der Waals surface area (Å²) in [4.78, 5) is 21.7. The average molecular weight is 512 g/mol. The van der Waals surface area contributed by atoms with E-state index in [4.69, 9.17) is 4.74 Å². The summed E-state index contributed by atoms with van der Waals surface area (Å²) in [5, 5.41) is 3.82. The molecule has 1 amide bonds. The van der Waals surface area contributed by atoms with Gasteiger partial charge < -0.3 is 19.9 Å². The third-order valence-corrected chi connectivity index (χ3v) is 8.47. The van der Waals surface area contributed by atoms with Gasteiger partial charge in [0.05, 0.1) is 10.6 Å². The van der Waals surface area contributed by atoms with E-state index in [0.717, 1.165) is 43.4 Å². The number of hydrogen-bond acceptors (Lipinski definition) is 9. The minimum absolute atomic E-state index is 0.0508. The number of nitrogens with zero attached hydrogens (tertiary/aromatic N) is 4. The molecule has 12 heteroatoms. The van der Waals surface area contributed by atoms with Gasteiger partial charge in [0, 0.05) is 50.6 Å². The van der Waals surface area contributed by atoms with Crippen LogP contribution in [-0.2, 0) is 25.0 Å². The van der Waals surface area contributed by atoms with Crippen LogP contribution in [-0.4, -0.2) is 73.7 Å². The number of sulfone groups is 1. The summed E-state index contributed by atoms with van der Waals surface area (Å²) in [6.07, 6.45) is 3.23. The number of hydrogen-bond donors (Lipinski definition) is 1. The maximum atomic E-state index is 14.4. The number of carbonyl (C=O) groups excluding carboxylic acids is 1. The predicted octanol–water partition coefficient (Wildman–Crippen LogP) is 2.64. The topological polar surface area (TPSA) is 105 Å². The fraction of sp³-hybridized carbons (Fsp3) is 0.591. The molecular formula is C22H30FN5O4S2. The number of amides is 1. The Balaban J connectivity index is 1.34. The second kappa shape index (κ2) is 9.38. The van der Waals surface area contributed by atoms with Gasteiger partial charge in [-0.2, -0.15) is 4.37 Å². The lowest BCUT2D eigenvalue weighted by molar-refractivity contribution is -0.130. The number of aromatic nitrogens is 2. The van der Waals surface area contributed by atoms with Crippen molar-refractivity contribution in [1.82, 2.24) is 14.3 Å². The lowest BCUT2D eigenvalue weighted by Crippen LogP contribution is -2.47. The Labute approximate surface area is 203 Å². The first-order chi connectivity index (χ1) is 16.0. The zero-order valence-electron chi connectivity index (χ0n) is 19.7. The van der Waals surface area contributed by atoms with Gasteiger partial charge in [0.25, 0.3) is 0 Å². The van der Waals surface area contributed by atoms with Gasteiger partial charge in [-0.05, 0) is 51.3 Å². The predicted molar refractivity (Wildman–Crippen MR) is 128 cm³/mol. The first kappa shape index (κ1) is 24.8. The van der Waals surface area contributed by atoms with Crippen molar-refractivity contribution in [3.05, 3.63) is 29.8 Å². The monoisotopic (exact) mass is 511 g/mol. The van der Waals surface area contributed by atoms with Crippen molar-refractivity contribution < 1.29 is 22.3 Å². The van der Waals surface area contributed by atoms with Gasteiger partial charge in [0.15, 0.2) is 15.7 Å². The third kappa shape index (κ3) is 5.03. The summed E-state index contributed by atoms with van der Waals surface area (Å²) in [7, 11) is -1.86. The standard InChI is InChI=1S/C22H30FN5O4S2/c1-22(2,32-3)20-25-21(33-26-20)27-10-7-14(8-11-27)28-12-9-18(19(28)29)24-17-6-5-15(13-16(17)23)34(4,30)31/h5-6,13-14,18,24H,7-12H2,1-4H3. The van der Waals surface area contributed by atoms with Crippen LogP contribution in [0.4, 0.5) is 15.2 Å². The van der Waals surface area contributed by atoms with Crippen molar-refractivity contribution in [1.29, 1.82) is 0 Å². The molecule has 3 heterocycles. The molecule has 0 spiro atoms. The summed E-state index contributed by atoms with van der Waals surface area (Å²) in [6, 6.07) is 3.30. The van der Waals surface area contributed by atoms with Crippen LogP contribution < -0.4 is 10.2 Å². The molecule has 1 aromatic heterocycles. The fourth-order valence-corrected chi connectivity index (χ4v) is 5.77. The highest BCUT2D eigenvalue weighted by Crippen LogP contribution is 2.30. The van der Waals surface area contributed by atoms with Crippen LogP contribution in [0, 0.1) is 5.82 Å². The van der Waals surface area contributed by atoms with Crippen LogP contribution in [0.3, 0.4) is 0 Å². The van der Waals surface area contributed by atoms with Gasteiger partial charge in [-0.1, -0.05) is 0 Å². The van der Waals surface area contributed by atoms with Gasteiger partial charge in [-0.3, -0.25) is 4.79 Å². The Morgan fingerprint density at radius 3 is 2.53 bits per heavy atom. The molecule has 1 atom stereocenters. The largest absolute Gasteiger partial charge is 0.371 e. The van der Waals surface area contributed by atoms with Crippen LogP contribution in [0.1, 0.15) is 38.9 Å². The van der Waals surface area contributed by atoms with Crippen molar-refractivity contribution in [2.24, 2.45) is 0 Å². The lowest BCUT2D eigenvalue weighted by Gasteiger charge is -2.36. The number of piperidine rings is 1. The smallest absolute Gasteiger partial charge is 0.245 e. The molecule has 1 N–H and O–H groups in total. The van der Waals surface area contributed by atoms with Crippen LogP contribution in [0.5, 0.6) is 0 Å². The number of halogens is 1. The SMILES string of the molecule is COC(C)(C)c1nsc(N2CCC(N3CCC(Nc4ccc(S(C)(=O)=O)cc4F)C3=O)CC2)n1. The van der Waals surface area contributed by atoms with Gasteiger partial charge in [-0.15, -0.1) is 0 Å². The number of nitrogens with one attached hydrogen (secondary N) is 1. The molecular weight excluding hydrogens is 481 g/mol. The molecule has 0 aliphatic carbocycles. The second-order valence-electron chi connectivity index (χ2n) is 9.26. The average Bonchev–Trinajstić information content (AvgIpc) is 3.43. The number of rotatable bonds is 7. The quantitative estimate of drug-likeness (QED) is 0.605. The molecule has 0 saturated carbocycles. The zero-order valence-corrected chi connectivity index (χ0v) is 21.4. The van der Waals surface area contributed by atoms with E-state index in [-0.39, 0.29) is 22.5 Å². The molecule has 2 saturated heterocycles. The highest BCUT2D eigenvalue weighted by atomic mass is 32.2. The van der Waals surface area contributed by atoms with Crippen molar-refractivity contribution in [2.45, 2.75) is 55.7 Å². The van der Waals surface area contributed by atoms with Gasteiger partial charge in [0.2, 0.25) is 11.0 Å². The third-order valence-electron chi connectivity index (χ3n) is 6.58. The summed E-state index contributed by atoms with van der Waals surface area (Å²) >= 11 is 1.36. The number of carbonyl (C=O) groups is 1. The summed E-state index contributed by atoms with van der Waals surface area (Å²) in [6.45, 7) is 6.02. The van der Waals surface area contributed by atoms with Crippen LogP contribution >= 0.6 is 11.5 Å². The molecule has 0 bridgehead atoms. The lowest BCUT2D eigenvalue weighted by atomic mass is 10.0. The molecule has 9 nitrogen and oxygen atoms in total. The van der Waals surface area contributed by atoms with E-state index >= 15 is 0 Å². The second-order valence-corrected chi connectivity index (χ2v) is 12.0. The van der Waals surface area contributed by atoms with Crippen LogP contribution in [0.25, 0.3) is 0 Å². The summed E-state index contributed by atoms with van der Waals surface area (Å²) in [5.41, 5.74) is -0.407. The van der Waals surface area contributed by atoms with Crippen molar-refractivity contribution in [2.75, 3.05) is 43.2 Å². The van der Waals surface area contributed by atoms with Crippen molar-refractivity contribution in [3.63, 3.8) is 0 Å². The van der Waals surface area contributed by atoms with E-state index < -0.39 is 27.3 Å². The van der Waals surface area contributed by atoms with Crippen molar-refractivity contribution >= 4 is 38.1 Å². The minimum Gasteiger partial charge on any atom is -0.371 e. The molecule has 2 fully saturated rings. The van der Waals surface area contributed by atoms with E-state index in [1.807, 2.05) is 18.7 Å².